The highest BCUT2D eigenvalue weighted by Crippen LogP contribution is 2.15. The van der Waals surface area contributed by atoms with Crippen molar-refractivity contribution in [1.29, 1.82) is 0 Å². The van der Waals surface area contributed by atoms with Gasteiger partial charge in [0.05, 0.1) is 17.6 Å². The zero-order valence-electron chi connectivity index (χ0n) is 13.2. The number of amides is 3. The summed E-state index contributed by atoms with van der Waals surface area (Å²) in [5.74, 6) is -0.659. The second-order valence-electron chi connectivity index (χ2n) is 5.57. The number of aromatic nitrogens is 3. The van der Waals surface area contributed by atoms with Crippen molar-refractivity contribution in [2.75, 3.05) is 11.9 Å². The van der Waals surface area contributed by atoms with Crippen LogP contribution in [0.1, 0.15) is 25.0 Å². The van der Waals surface area contributed by atoms with E-state index in [1.165, 1.54) is 0 Å². The molecule has 0 saturated carbocycles. The van der Waals surface area contributed by atoms with Crippen molar-refractivity contribution in [3.63, 3.8) is 0 Å². The van der Waals surface area contributed by atoms with Crippen LogP contribution >= 0.6 is 0 Å². The van der Waals surface area contributed by atoms with Gasteiger partial charge in [-0.3, -0.25) is 19.3 Å². The van der Waals surface area contributed by atoms with Gasteiger partial charge in [-0.25, -0.2) is 4.68 Å². The number of imide groups is 1. The molecule has 0 unspecified atom stereocenters. The predicted molar refractivity (Wildman–Crippen MR) is 85.3 cm³/mol. The summed E-state index contributed by atoms with van der Waals surface area (Å²) in [6.07, 6.45) is 2.23. The number of anilines is 1. The first-order chi connectivity index (χ1) is 11.5. The van der Waals surface area contributed by atoms with E-state index in [1.54, 1.807) is 23.0 Å². The van der Waals surface area contributed by atoms with E-state index in [9.17, 15) is 14.4 Å². The smallest absolute Gasteiger partial charge is 0.229 e. The quantitative estimate of drug-likeness (QED) is 0.828. The van der Waals surface area contributed by atoms with Gasteiger partial charge < -0.3 is 5.32 Å². The average molecular weight is 327 g/mol. The molecule has 0 aliphatic carbocycles. The van der Waals surface area contributed by atoms with E-state index >= 15 is 0 Å². The summed E-state index contributed by atoms with van der Waals surface area (Å²) in [4.78, 5) is 36.1. The molecule has 8 heteroatoms. The molecule has 0 atom stereocenters. The molecule has 1 aliphatic heterocycles. The number of carbonyl (C=O) groups excluding carboxylic acids is 3. The fourth-order valence-electron chi connectivity index (χ4n) is 2.54. The molecule has 3 rings (SSSR count). The van der Waals surface area contributed by atoms with Crippen molar-refractivity contribution >= 4 is 23.4 Å². The number of likely N-dealkylation sites (tertiary alicyclic amines) is 1. The highest BCUT2D eigenvalue weighted by atomic mass is 16.2. The van der Waals surface area contributed by atoms with Crippen LogP contribution in [0.25, 0.3) is 5.69 Å². The van der Waals surface area contributed by atoms with E-state index < -0.39 is 0 Å². The van der Waals surface area contributed by atoms with Crippen molar-refractivity contribution in [2.45, 2.75) is 26.2 Å². The fraction of sp³-hybridized carbons (Fsp3) is 0.312. The lowest BCUT2D eigenvalue weighted by Crippen LogP contribution is -2.32. The minimum Gasteiger partial charge on any atom is -0.326 e. The van der Waals surface area contributed by atoms with Gasteiger partial charge >= 0.3 is 0 Å². The number of nitrogens with one attached hydrogen (secondary N) is 1. The van der Waals surface area contributed by atoms with Gasteiger partial charge in [0.2, 0.25) is 17.7 Å². The van der Waals surface area contributed by atoms with Crippen LogP contribution in [-0.4, -0.2) is 44.2 Å². The van der Waals surface area contributed by atoms with Gasteiger partial charge in [0.1, 0.15) is 0 Å². The van der Waals surface area contributed by atoms with Gasteiger partial charge in [-0.15, -0.1) is 5.10 Å². The van der Waals surface area contributed by atoms with E-state index in [0.717, 1.165) is 16.3 Å². The summed E-state index contributed by atoms with van der Waals surface area (Å²) in [7, 11) is 0. The van der Waals surface area contributed by atoms with Crippen molar-refractivity contribution in [3.8, 4) is 5.69 Å². The number of nitrogens with zero attached hydrogens (tertiary/aromatic N) is 4. The van der Waals surface area contributed by atoms with Crippen molar-refractivity contribution in [3.05, 3.63) is 36.2 Å². The molecule has 2 aromatic rings. The van der Waals surface area contributed by atoms with Gasteiger partial charge in [0.25, 0.3) is 0 Å². The normalized spacial score (nSPS) is 14.3. The van der Waals surface area contributed by atoms with Crippen LogP contribution in [0.4, 0.5) is 5.69 Å². The molecule has 2 heterocycles. The Hall–Kier alpha value is -3.03. The second-order valence-corrected chi connectivity index (χ2v) is 5.57. The zero-order chi connectivity index (χ0) is 17.1. The number of carbonyl (C=O) groups is 3. The summed E-state index contributed by atoms with van der Waals surface area (Å²) in [5, 5.41) is 10.6. The fourth-order valence-corrected chi connectivity index (χ4v) is 2.54. The van der Waals surface area contributed by atoms with Crippen LogP contribution in [0, 0.1) is 6.92 Å². The largest absolute Gasteiger partial charge is 0.326 e. The SMILES string of the molecule is Cc1cnnn1-c1ccc(NC(=O)CCN2C(=O)CCC2=O)cc1. The molecule has 8 nitrogen and oxygen atoms in total. The van der Waals surface area contributed by atoms with Gasteiger partial charge in [-0.1, -0.05) is 5.21 Å². The molecule has 0 bridgehead atoms. The van der Waals surface area contributed by atoms with Crippen molar-refractivity contribution in [1.82, 2.24) is 19.9 Å². The van der Waals surface area contributed by atoms with Gasteiger partial charge in [0.15, 0.2) is 0 Å². The lowest BCUT2D eigenvalue weighted by molar-refractivity contribution is -0.138. The van der Waals surface area contributed by atoms with Crippen LogP contribution in [0.2, 0.25) is 0 Å². The first-order valence-corrected chi connectivity index (χ1v) is 7.65. The third-order valence-electron chi connectivity index (χ3n) is 3.83. The maximum Gasteiger partial charge on any atom is 0.229 e. The van der Waals surface area contributed by atoms with Crippen LogP contribution in [-0.2, 0) is 14.4 Å². The van der Waals surface area contributed by atoms with Crippen LogP contribution in [0.3, 0.4) is 0 Å². The van der Waals surface area contributed by atoms with Crippen molar-refractivity contribution < 1.29 is 14.4 Å². The Morgan fingerprint density at radius 2 is 1.83 bits per heavy atom. The first-order valence-electron chi connectivity index (χ1n) is 7.65. The number of hydrogen-bond acceptors (Lipinski definition) is 5. The Balaban J connectivity index is 1.56. The number of rotatable bonds is 5. The summed E-state index contributed by atoms with van der Waals surface area (Å²) in [5.41, 5.74) is 2.39. The number of aryl methyl sites for hydroxylation is 1. The first kappa shape index (κ1) is 15.9. The molecule has 1 N–H and O–H groups in total. The maximum atomic E-state index is 12.0. The van der Waals surface area contributed by atoms with Gasteiger partial charge in [-0.2, -0.15) is 0 Å². The van der Waals surface area contributed by atoms with Crippen LogP contribution in [0.5, 0.6) is 0 Å². The minimum atomic E-state index is -0.243. The summed E-state index contributed by atoms with van der Waals surface area (Å²) < 4.78 is 1.69. The van der Waals surface area contributed by atoms with Gasteiger partial charge in [-0.05, 0) is 31.2 Å². The monoisotopic (exact) mass is 327 g/mol. The maximum absolute atomic E-state index is 12.0. The predicted octanol–water partition coefficient (Wildman–Crippen LogP) is 1.05. The molecule has 1 aromatic carbocycles. The lowest BCUT2D eigenvalue weighted by Gasteiger charge is -2.13. The third kappa shape index (κ3) is 3.32. The highest BCUT2D eigenvalue weighted by Gasteiger charge is 2.28. The Labute approximate surface area is 138 Å². The molecule has 1 aliphatic rings. The zero-order valence-corrected chi connectivity index (χ0v) is 13.2. The highest BCUT2D eigenvalue weighted by molar-refractivity contribution is 6.02. The molecular formula is C16H17N5O3. The molecule has 0 radical (unpaired) electrons. The Morgan fingerprint density at radius 3 is 2.42 bits per heavy atom. The third-order valence-corrected chi connectivity index (χ3v) is 3.83. The second kappa shape index (κ2) is 6.61. The topological polar surface area (TPSA) is 97.2 Å². The lowest BCUT2D eigenvalue weighted by atomic mass is 10.2. The number of benzene rings is 1. The van der Waals surface area contributed by atoms with Crippen LogP contribution < -0.4 is 5.32 Å². The summed E-state index contributed by atoms with van der Waals surface area (Å²) in [6, 6.07) is 7.18. The van der Waals surface area contributed by atoms with E-state index in [4.69, 9.17) is 0 Å². The summed E-state index contributed by atoms with van der Waals surface area (Å²) >= 11 is 0. The van der Waals surface area contributed by atoms with Crippen LogP contribution in [0.15, 0.2) is 30.5 Å². The Morgan fingerprint density at radius 1 is 1.17 bits per heavy atom. The Kier molecular flexibility index (Phi) is 4.37. The molecule has 1 fully saturated rings. The molecule has 0 spiro atoms. The summed E-state index contributed by atoms with van der Waals surface area (Å²) in [6.45, 7) is 2.02. The van der Waals surface area contributed by atoms with Crippen molar-refractivity contribution in [2.24, 2.45) is 0 Å². The van der Waals surface area contributed by atoms with E-state index in [0.29, 0.717) is 5.69 Å². The Bertz CT molecular complexity index is 765. The molecule has 1 aromatic heterocycles. The molecule has 124 valence electrons. The molecular weight excluding hydrogens is 310 g/mol. The van der Waals surface area contributed by atoms with E-state index in [2.05, 4.69) is 15.6 Å². The van der Waals surface area contributed by atoms with Gasteiger partial charge in [0, 0.05) is 31.5 Å². The molecule has 3 amide bonds. The number of hydrogen-bond donors (Lipinski definition) is 1. The minimum absolute atomic E-state index is 0.0847. The van der Waals surface area contributed by atoms with E-state index in [-0.39, 0.29) is 43.5 Å². The van der Waals surface area contributed by atoms with E-state index in [1.807, 2.05) is 19.1 Å². The molecule has 24 heavy (non-hydrogen) atoms. The average Bonchev–Trinajstić information content (AvgIpc) is 3.12. The standard InChI is InChI=1S/C16H17N5O3/c1-11-10-17-19-21(11)13-4-2-12(3-5-13)18-14(22)8-9-20-15(23)6-7-16(20)24/h2-5,10H,6-9H2,1H3,(H,18,22). The molecule has 1 saturated heterocycles.